The number of fused-ring (bicyclic) bond motifs is 1. The summed E-state index contributed by atoms with van der Waals surface area (Å²) in [5, 5.41) is 35.2. The van der Waals surface area contributed by atoms with Crippen molar-refractivity contribution in [2.75, 3.05) is 11.5 Å². The quantitative estimate of drug-likeness (QED) is 0.190. The highest BCUT2D eigenvalue weighted by Gasteiger charge is 2.54. The number of nitrogens with zero attached hydrogens (tertiary/aromatic N) is 4. The summed E-state index contributed by atoms with van der Waals surface area (Å²) >= 11 is 2.28. The molecule has 5 N–H and O–H groups in total. The number of nitrogen functional groups attached to an aromatic ring is 1. The molecule has 4 rings (SSSR count). The number of anilines is 1. The van der Waals surface area contributed by atoms with E-state index in [0.29, 0.717) is 11.1 Å². The van der Waals surface area contributed by atoms with E-state index in [0.717, 1.165) is 21.8 Å². The Hall–Kier alpha value is -4.68. The van der Waals surface area contributed by atoms with Gasteiger partial charge in [0.15, 0.2) is 10.8 Å². The minimum Gasteiger partial charge on any atom is -0.478 e. The second-order valence-electron chi connectivity index (χ2n) is 9.02. The number of hydrogen-bond acceptors (Lipinski definition) is 11. The van der Waals surface area contributed by atoms with Gasteiger partial charge in [0.25, 0.3) is 11.8 Å². The molecule has 2 amide bonds. The van der Waals surface area contributed by atoms with Gasteiger partial charge in [-0.2, -0.15) is 5.26 Å². The maximum atomic E-state index is 13.2. The topological polar surface area (TPSA) is 208 Å². The molecule has 1 fully saturated rings. The van der Waals surface area contributed by atoms with Crippen LogP contribution in [0.3, 0.4) is 0 Å². The maximum absolute atomic E-state index is 13.2. The van der Waals surface area contributed by atoms with Crippen LogP contribution in [0.4, 0.5) is 5.13 Å². The molecule has 2 aromatic rings. The van der Waals surface area contributed by atoms with Crippen molar-refractivity contribution in [3.05, 3.63) is 63.8 Å². The van der Waals surface area contributed by atoms with Gasteiger partial charge in [-0.1, -0.05) is 29.4 Å². The van der Waals surface area contributed by atoms with Crippen molar-refractivity contribution in [2.24, 2.45) is 5.16 Å². The van der Waals surface area contributed by atoms with Gasteiger partial charge in [-0.3, -0.25) is 14.5 Å². The normalized spacial score (nSPS) is 19.1. The predicted octanol–water partition coefficient (Wildman–Crippen LogP) is 1.63. The van der Waals surface area contributed by atoms with E-state index in [1.165, 1.54) is 31.0 Å². The van der Waals surface area contributed by atoms with Crippen LogP contribution < -0.4 is 11.1 Å². The third kappa shape index (κ3) is 5.67. The molecule has 0 spiro atoms. The van der Waals surface area contributed by atoms with Crippen LogP contribution in [-0.4, -0.2) is 72.3 Å². The van der Waals surface area contributed by atoms with Gasteiger partial charge in [0, 0.05) is 11.1 Å². The second kappa shape index (κ2) is 11.2. The molecular formula is C25H22N6O7S2. The smallest absolute Gasteiger partial charge is 0.352 e. The van der Waals surface area contributed by atoms with Crippen LogP contribution in [0, 0.1) is 11.3 Å². The Kier molecular flexibility index (Phi) is 7.93. The SMILES string of the molecule is CC(C)(O/N=C(\C(=O)NC1C(=O)N2C(C(=O)O)=C(/C=C/c3ccc(C#N)cc3)CS[C@H]12)c1csc(N)n1)C(=O)O. The zero-order valence-electron chi connectivity index (χ0n) is 21.0. The van der Waals surface area contributed by atoms with Crippen molar-refractivity contribution in [3.63, 3.8) is 0 Å². The Balaban J connectivity index is 1.54. The van der Waals surface area contributed by atoms with Crippen LogP contribution in [0.25, 0.3) is 6.08 Å². The molecule has 1 aromatic heterocycles. The summed E-state index contributed by atoms with van der Waals surface area (Å²) in [5.74, 6) is -3.90. The number of allylic oxidation sites excluding steroid dienone is 1. The third-order valence-corrected chi connectivity index (χ3v) is 7.84. The fourth-order valence-corrected chi connectivity index (χ4v) is 5.51. The van der Waals surface area contributed by atoms with Gasteiger partial charge in [0.2, 0.25) is 5.60 Å². The van der Waals surface area contributed by atoms with E-state index in [1.807, 2.05) is 6.07 Å². The highest BCUT2D eigenvalue weighted by molar-refractivity contribution is 8.00. The standard InChI is InChI=1S/C25H22N6O7S2/c1-25(2,23(36)37)38-30-16(15-11-40-24(27)28-15)19(32)29-17-20(33)31-18(22(34)35)14(10-39-21(17)31)8-7-12-3-5-13(9-26)6-4-12/h3-8,11,17,21H,10H2,1-2H3,(H2,27,28)(H,29,32)(H,34,35)(H,36,37)/b8-7+,30-16-/t17?,21-/m1/s1. The minimum absolute atomic E-state index is 0.0162. The van der Waals surface area contributed by atoms with E-state index >= 15 is 0 Å². The largest absolute Gasteiger partial charge is 0.478 e. The number of carboxylic acid groups (broad SMARTS) is 2. The molecule has 0 radical (unpaired) electrons. The Labute approximate surface area is 235 Å². The zero-order valence-corrected chi connectivity index (χ0v) is 22.7. The summed E-state index contributed by atoms with van der Waals surface area (Å²) in [4.78, 5) is 60.0. The number of thioether (sulfide) groups is 1. The van der Waals surface area contributed by atoms with E-state index in [-0.39, 0.29) is 22.3 Å². The van der Waals surface area contributed by atoms with Crippen LogP contribution in [0.2, 0.25) is 0 Å². The number of nitrogens with one attached hydrogen (secondary N) is 1. The molecule has 13 nitrogen and oxygen atoms in total. The first-order chi connectivity index (χ1) is 18.9. The Bertz CT molecular complexity index is 1520. The van der Waals surface area contributed by atoms with Gasteiger partial charge in [0.05, 0.1) is 11.6 Å². The Morgan fingerprint density at radius 1 is 1.27 bits per heavy atom. The number of nitriles is 1. The van der Waals surface area contributed by atoms with Crippen molar-refractivity contribution in [3.8, 4) is 6.07 Å². The van der Waals surface area contributed by atoms with E-state index in [9.17, 15) is 29.4 Å². The molecule has 2 aliphatic rings. The molecule has 0 saturated carbocycles. The highest BCUT2D eigenvalue weighted by Crippen LogP contribution is 2.41. The number of amides is 2. The lowest BCUT2D eigenvalue weighted by Gasteiger charge is -2.49. The summed E-state index contributed by atoms with van der Waals surface area (Å²) in [6.07, 6.45) is 3.29. The first-order valence-electron chi connectivity index (χ1n) is 11.5. The number of benzene rings is 1. The van der Waals surface area contributed by atoms with E-state index in [4.69, 9.17) is 15.8 Å². The highest BCUT2D eigenvalue weighted by atomic mass is 32.2. The molecule has 1 saturated heterocycles. The average Bonchev–Trinajstić information content (AvgIpc) is 3.35. The molecule has 0 aliphatic carbocycles. The number of carbonyl (C=O) groups is 4. The van der Waals surface area contributed by atoms with Crippen LogP contribution in [0.1, 0.15) is 30.7 Å². The number of β-lactam (4-membered cyclic amide) rings is 1. The van der Waals surface area contributed by atoms with Crippen molar-refractivity contribution in [1.29, 1.82) is 5.26 Å². The van der Waals surface area contributed by atoms with Gasteiger partial charge < -0.3 is 26.1 Å². The van der Waals surface area contributed by atoms with Crippen molar-refractivity contribution in [2.45, 2.75) is 30.9 Å². The van der Waals surface area contributed by atoms with Crippen molar-refractivity contribution in [1.82, 2.24) is 15.2 Å². The lowest BCUT2D eigenvalue weighted by Crippen LogP contribution is -2.71. The molecule has 206 valence electrons. The molecule has 2 aliphatic heterocycles. The van der Waals surface area contributed by atoms with Crippen molar-refractivity contribution >= 4 is 63.8 Å². The van der Waals surface area contributed by atoms with E-state index < -0.39 is 46.5 Å². The number of nitrogens with two attached hydrogens (primary N) is 1. The molecule has 1 unspecified atom stereocenters. The second-order valence-corrected chi connectivity index (χ2v) is 11.0. The Morgan fingerprint density at radius 2 is 1.98 bits per heavy atom. The molecule has 2 atom stereocenters. The van der Waals surface area contributed by atoms with Gasteiger partial charge in [0.1, 0.15) is 22.8 Å². The number of aliphatic carboxylic acids is 2. The first kappa shape index (κ1) is 28.3. The number of oxime groups is 1. The summed E-state index contributed by atoms with van der Waals surface area (Å²) in [7, 11) is 0. The molecular weight excluding hydrogens is 560 g/mol. The lowest BCUT2D eigenvalue weighted by atomic mass is 10.0. The fraction of sp³-hybridized carbons (Fsp3) is 0.240. The Morgan fingerprint density at radius 3 is 2.55 bits per heavy atom. The number of rotatable bonds is 9. The number of hydrogen-bond donors (Lipinski definition) is 4. The number of thiazole rings is 1. The molecule has 15 heteroatoms. The monoisotopic (exact) mass is 582 g/mol. The van der Waals surface area contributed by atoms with E-state index in [1.54, 1.807) is 36.4 Å². The summed E-state index contributed by atoms with van der Waals surface area (Å²) < 4.78 is 0. The van der Waals surface area contributed by atoms with Crippen LogP contribution in [0.15, 0.2) is 52.1 Å². The van der Waals surface area contributed by atoms with Crippen LogP contribution in [0.5, 0.6) is 0 Å². The molecule has 0 bridgehead atoms. The lowest BCUT2D eigenvalue weighted by molar-refractivity contribution is -0.161. The molecule has 3 heterocycles. The molecule has 1 aromatic carbocycles. The summed E-state index contributed by atoms with van der Waals surface area (Å²) in [5.41, 5.74) is 4.96. The maximum Gasteiger partial charge on any atom is 0.352 e. The minimum atomic E-state index is -1.77. The van der Waals surface area contributed by atoms with Crippen molar-refractivity contribution < 1.29 is 34.2 Å². The van der Waals surface area contributed by atoms with E-state index in [2.05, 4.69) is 15.5 Å². The summed E-state index contributed by atoms with van der Waals surface area (Å²) in [6.45, 7) is 2.48. The zero-order chi connectivity index (χ0) is 29.2. The summed E-state index contributed by atoms with van der Waals surface area (Å²) in [6, 6.07) is 7.64. The third-order valence-electron chi connectivity index (χ3n) is 5.86. The van der Waals surface area contributed by atoms with Crippen LogP contribution >= 0.6 is 23.1 Å². The van der Waals surface area contributed by atoms with Gasteiger partial charge in [-0.25, -0.2) is 14.6 Å². The van der Waals surface area contributed by atoms with Gasteiger partial charge >= 0.3 is 11.9 Å². The number of carboxylic acids is 2. The predicted molar refractivity (Wildman–Crippen MR) is 146 cm³/mol. The van der Waals surface area contributed by atoms with Gasteiger partial charge in [-0.15, -0.1) is 23.1 Å². The fourth-order valence-electron chi connectivity index (χ4n) is 3.65. The number of aromatic nitrogens is 1. The van der Waals surface area contributed by atoms with Crippen LogP contribution in [-0.2, 0) is 24.0 Å². The molecule has 40 heavy (non-hydrogen) atoms. The average molecular weight is 583 g/mol. The van der Waals surface area contributed by atoms with Gasteiger partial charge in [-0.05, 0) is 37.1 Å². The first-order valence-corrected chi connectivity index (χ1v) is 13.5. The number of carbonyl (C=O) groups excluding carboxylic acids is 2.